The Kier molecular flexibility index (Phi) is 7.43. The highest BCUT2D eigenvalue weighted by Crippen LogP contribution is 2.10. The predicted molar refractivity (Wildman–Crippen MR) is 105 cm³/mol. The SMILES string of the molecule is C=CCNC(=O)c1ccc(NC(=O)NC(C)CCc2ccccc2)cc1. The van der Waals surface area contributed by atoms with E-state index in [-0.39, 0.29) is 18.0 Å². The van der Waals surface area contributed by atoms with Gasteiger partial charge in [0, 0.05) is 23.8 Å². The third-order valence-electron chi connectivity index (χ3n) is 3.90. The van der Waals surface area contributed by atoms with Crippen LogP contribution in [0.3, 0.4) is 0 Å². The fourth-order valence-electron chi connectivity index (χ4n) is 2.46. The van der Waals surface area contributed by atoms with Crippen LogP contribution in [0.25, 0.3) is 0 Å². The summed E-state index contributed by atoms with van der Waals surface area (Å²) in [6, 6.07) is 16.7. The molecule has 5 nitrogen and oxygen atoms in total. The van der Waals surface area contributed by atoms with Gasteiger partial charge in [0.15, 0.2) is 0 Å². The van der Waals surface area contributed by atoms with Crippen LogP contribution in [-0.2, 0) is 6.42 Å². The summed E-state index contributed by atoms with van der Waals surface area (Å²) in [7, 11) is 0. The van der Waals surface area contributed by atoms with Crippen LogP contribution in [-0.4, -0.2) is 24.5 Å². The molecule has 1 atom stereocenters. The summed E-state index contributed by atoms with van der Waals surface area (Å²) in [4.78, 5) is 23.9. The molecule has 0 aliphatic heterocycles. The maximum atomic E-state index is 12.1. The zero-order chi connectivity index (χ0) is 18.8. The van der Waals surface area contributed by atoms with Gasteiger partial charge < -0.3 is 16.0 Å². The summed E-state index contributed by atoms with van der Waals surface area (Å²) in [5, 5.41) is 8.41. The van der Waals surface area contributed by atoms with E-state index in [2.05, 4.69) is 34.7 Å². The van der Waals surface area contributed by atoms with Crippen LogP contribution in [0.5, 0.6) is 0 Å². The van der Waals surface area contributed by atoms with E-state index in [0.29, 0.717) is 17.8 Å². The standard InChI is InChI=1S/C21H25N3O2/c1-3-15-22-20(25)18-11-13-19(14-12-18)24-21(26)23-16(2)9-10-17-7-5-4-6-8-17/h3-8,11-14,16H,1,9-10,15H2,2H3,(H,22,25)(H2,23,24,26). The lowest BCUT2D eigenvalue weighted by Crippen LogP contribution is -2.36. The van der Waals surface area contributed by atoms with Gasteiger partial charge in [-0.15, -0.1) is 6.58 Å². The number of benzene rings is 2. The van der Waals surface area contributed by atoms with Crippen molar-refractivity contribution < 1.29 is 9.59 Å². The molecule has 5 heteroatoms. The minimum Gasteiger partial charge on any atom is -0.349 e. The first-order chi connectivity index (χ1) is 12.6. The molecule has 0 saturated heterocycles. The van der Waals surface area contributed by atoms with Crippen molar-refractivity contribution >= 4 is 17.6 Å². The Morgan fingerprint density at radius 2 is 1.77 bits per heavy atom. The highest BCUT2D eigenvalue weighted by molar-refractivity contribution is 5.95. The molecular formula is C21H25N3O2. The van der Waals surface area contributed by atoms with E-state index < -0.39 is 0 Å². The molecule has 0 fully saturated rings. The largest absolute Gasteiger partial charge is 0.349 e. The first-order valence-electron chi connectivity index (χ1n) is 8.69. The van der Waals surface area contributed by atoms with E-state index in [1.165, 1.54) is 5.56 Å². The molecule has 136 valence electrons. The van der Waals surface area contributed by atoms with Gasteiger partial charge in [-0.05, 0) is 49.6 Å². The summed E-state index contributed by atoms with van der Waals surface area (Å²) in [5.41, 5.74) is 2.43. The van der Waals surface area contributed by atoms with Gasteiger partial charge in [0.25, 0.3) is 5.91 Å². The van der Waals surface area contributed by atoms with Gasteiger partial charge in [-0.2, -0.15) is 0 Å². The summed E-state index contributed by atoms with van der Waals surface area (Å²) in [6.07, 6.45) is 3.40. The zero-order valence-corrected chi connectivity index (χ0v) is 15.0. The summed E-state index contributed by atoms with van der Waals surface area (Å²) < 4.78 is 0. The summed E-state index contributed by atoms with van der Waals surface area (Å²) in [5.74, 6) is -0.171. The number of rotatable bonds is 8. The highest BCUT2D eigenvalue weighted by atomic mass is 16.2. The number of urea groups is 1. The van der Waals surface area contributed by atoms with Crippen molar-refractivity contribution in [3.8, 4) is 0 Å². The Hall–Kier alpha value is -3.08. The second kappa shape index (κ2) is 10.0. The molecule has 2 rings (SSSR count). The molecule has 0 heterocycles. The highest BCUT2D eigenvalue weighted by Gasteiger charge is 2.09. The van der Waals surface area contributed by atoms with Crippen molar-refractivity contribution in [3.05, 3.63) is 78.4 Å². The number of carbonyl (C=O) groups is 2. The van der Waals surface area contributed by atoms with Gasteiger partial charge in [-0.25, -0.2) is 4.79 Å². The van der Waals surface area contributed by atoms with Crippen molar-refractivity contribution in [2.24, 2.45) is 0 Å². The fraction of sp³-hybridized carbons (Fsp3) is 0.238. The molecule has 0 saturated carbocycles. The van der Waals surface area contributed by atoms with Gasteiger partial charge in [0.1, 0.15) is 0 Å². The van der Waals surface area contributed by atoms with Crippen LogP contribution in [0.15, 0.2) is 67.3 Å². The predicted octanol–water partition coefficient (Wildman–Crippen LogP) is 3.75. The Labute approximate surface area is 154 Å². The number of nitrogens with one attached hydrogen (secondary N) is 3. The van der Waals surface area contributed by atoms with E-state index in [1.807, 2.05) is 25.1 Å². The van der Waals surface area contributed by atoms with Crippen LogP contribution < -0.4 is 16.0 Å². The number of anilines is 1. The monoisotopic (exact) mass is 351 g/mol. The Balaban J connectivity index is 1.77. The van der Waals surface area contributed by atoms with Gasteiger partial charge in [0.05, 0.1) is 0 Å². The minimum absolute atomic E-state index is 0.0548. The number of hydrogen-bond acceptors (Lipinski definition) is 2. The molecule has 3 amide bonds. The van der Waals surface area contributed by atoms with Crippen LogP contribution >= 0.6 is 0 Å². The van der Waals surface area contributed by atoms with Crippen molar-refractivity contribution in [2.45, 2.75) is 25.8 Å². The molecule has 2 aromatic rings. The van der Waals surface area contributed by atoms with Crippen LogP contribution in [0.1, 0.15) is 29.3 Å². The maximum Gasteiger partial charge on any atom is 0.319 e. The number of aryl methyl sites for hydroxylation is 1. The van der Waals surface area contributed by atoms with Crippen molar-refractivity contribution in [1.82, 2.24) is 10.6 Å². The lowest BCUT2D eigenvalue weighted by atomic mass is 10.1. The Morgan fingerprint density at radius 1 is 1.08 bits per heavy atom. The van der Waals surface area contributed by atoms with E-state index in [4.69, 9.17) is 0 Å². The molecule has 1 unspecified atom stereocenters. The van der Waals surface area contributed by atoms with E-state index >= 15 is 0 Å². The van der Waals surface area contributed by atoms with Gasteiger partial charge in [0.2, 0.25) is 0 Å². The molecule has 0 bridgehead atoms. The van der Waals surface area contributed by atoms with Gasteiger partial charge >= 0.3 is 6.03 Å². The lowest BCUT2D eigenvalue weighted by molar-refractivity contribution is 0.0958. The van der Waals surface area contributed by atoms with Crippen molar-refractivity contribution in [3.63, 3.8) is 0 Å². The molecule has 0 radical (unpaired) electrons. The second-order valence-electron chi connectivity index (χ2n) is 6.10. The minimum atomic E-state index is -0.255. The van der Waals surface area contributed by atoms with E-state index in [0.717, 1.165) is 12.8 Å². The number of hydrogen-bond donors (Lipinski definition) is 3. The zero-order valence-electron chi connectivity index (χ0n) is 15.0. The van der Waals surface area contributed by atoms with Crippen LogP contribution in [0, 0.1) is 0 Å². The first-order valence-corrected chi connectivity index (χ1v) is 8.69. The second-order valence-corrected chi connectivity index (χ2v) is 6.10. The van der Waals surface area contributed by atoms with Gasteiger partial charge in [-0.1, -0.05) is 36.4 Å². The molecule has 0 aliphatic rings. The first kappa shape index (κ1) is 19.2. The van der Waals surface area contributed by atoms with Crippen molar-refractivity contribution in [2.75, 3.05) is 11.9 Å². The third kappa shape index (κ3) is 6.43. The summed E-state index contributed by atoms with van der Waals surface area (Å²) >= 11 is 0. The third-order valence-corrected chi connectivity index (χ3v) is 3.90. The molecule has 2 aromatic carbocycles. The molecule has 0 aromatic heterocycles. The fourth-order valence-corrected chi connectivity index (χ4v) is 2.46. The number of carbonyl (C=O) groups excluding carboxylic acids is 2. The molecule has 3 N–H and O–H groups in total. The van der Waals surface area contributed by atoms with E-state index in [1.54, 1.807) is 30.3 Å². The Bertz CT molecular complexity index is 727. The topological polar surface area (TPSA) is 70.2 Å². The molecule has 26 heavy (non-hydrogen) atoms. The quantitative estimate of drug-likeness (QED) is 0.634. The average molecular weight is 351 g/mol. The number of amides is 3. The van der Waals surface area contributed by atoms with Crippen molar-refractivity contribution in [1.29, 1.82) is 0 Å². The maximum absolute atomic E-state index is 12.1. The van der Waals surface area contributed by atoms with Gasteiger partial charge in [-0.3, -0.25) is 4.79 Å². The lowest BCUT2D eigenvalue weighted by Gasteiger charge is -2.15. The molecular weight excluding hydrogens is 326 g/mol. The van der Waals surface area contributed by atoms with E-state index in [9.17, 15) is 9.59 Å². The molecule has 0 aliphatic carbocycles. The average Bonchev–Trinajstić information content (AvgIpc) is 2.65. The van der Waals surface area contributed by atoms with Crippen LogP contribution in [0.2, 0.25) is 0 Å². The summed E-state index contributed by atoms with van der Waals surface area (Å²) in [6.45, 7) is 5.96. The Morgan fingerprint density at radius 3 is 2.42 bits per heavy atom. The normalized spacial score (nSPS) is 11.3. The van der Waals surface area contributed by atoms with Crippen LogP contribution in [0.4, 0.5) is 10.5 Å². The molecule has 0 spiro atoms. The smallest absolute Gasteiger partial charge is 0.319 e.